The smallest absolute Gasteiger partial charge is 0.133 e. The summed E-state index contributed by atoms with van der Waals surface area (Å²) in [4.78, 5) is 0. The fraction of sp³-hybridized carbons (Fsp3) is 0. The normalized spacial score (nSPS) is 14.6. The zero-order chi connectivity index (χ0) is 28.7. The molecule has 0 fully saturated rings. The molecule has 1 nitrogen and oxygen atoms in total. The molecule has 0 spiro atoms. The van der Waals surface area contributed by atoms with Crippen LogP contribution in [0.3, 0.4) is 0 Å². The van der Waals surface area contributed by atoms with Crippen molar-refractivity contribution >= 4 is 54.5 Å². The SMILES string of the molecule is [2H]c1c([2H])c([2H])c2c([2H])c(-c3ccc(Nc4cc(F)c5ccc6cccc7ccc4c5c67)cc3)c([2H])c([2H])c2c1[2H]. The Morgan fingerprint density at radius 3 is 2.15 bits per heavy atom. The van der Waals surface area contributed by atoms with Gasteiger partial charge in [0, 0.05) is 27.5 Å². The molecule has 0 aromatic heterocycles. The van der Waals surface area contributed by atoms with Gasteiger partial charge in [-0.15, -0.1) is 0 Å². The quantitative estimate of drug-likeness (QED) is 0.268. The molecule has 0 heterocycles. The molecular formula is C32H20FN. The maximum Gasteiger partial charge on any atom is 0.133 e. The van der Waals surface area contributed by atoms with Crippen molar-refractivity contribution in [1.82, 2.24) is 0 Å². The zero-order valence-corrected chi connectivity index (χ0v) is 17.8. The van der Waals surface area contributed by atoms with E-state index < -0.39 is 24.2 Å². The molecule has 7 rings (SSSR count). The number of hydrogen-bond donors (Lipinski definition) is 1. The van der Waals surface area contributed by atoms with Crippen LogP contribution in [0.1, 0.15) is 9.60 Å². The van der Waals surface area contributed by atoms with Crippen molar-refractivity contribution in [3.63, 3.8) is 0 Å². The van der Waals surface area contributed by atoms with E-state index in [2.05, 4.69) is 5.32 Å². The molecule has 7 aromatic carbocycles. The molecular weight excluding hydrogens is 417 g/mol. The summed E-state index contributed by atoms with van der Waals surface area (Å²) in [6.07, 6.45) is 0. The molecule has 160 valence electrons. The van der Waals surface area contributed by atoms with E-state index in [4.69, 9.17) is 9.60 Å². The van der Waals surface area contributed by atoms with Gasteiger partial charge < -0.3 is 5.32 Å². The average molecular weight is 445 g/mol. The molecule has 2 heteroatoms. The molecule has 0 amide bonds. The Labute approximate surface area is 206 Å². The number of hydrogen-bond acceptors (Lipinski definition) is 1. The molecule has 0 saturated carbocycles. The van der Waals surface area contributed by atoms with E-state index in [9.17, 15) is 0 Å². The molecule has 0 radical (unpaired) electrons. The fourth-order valence-corrected chi connectivity index (χ4v) is 4.69. The maximum absolute atomic E-state index is 15.3. The van der Waals surface area contributed by atoms with Crippen LogP contribution in [0.5, 0.6) is 0 Å². The average Bonchev–Trinajstić information content (AvgIpc) is 2.97. The summed E-state index contributed by atoms with van der Waals surface area (Å²) >= 11 is 0. The van der Waals surface area contributed by atoms with Crippen molar-refractivity contribution in [1.29, 1.82) is 0 Å². The number of fused-ring (bicyclic) bond motifs is 1. The Bertz CT molecular complexity index is 2200. The van der Waals surface area contributed by atoms with Gasteiger partial charge in [0.1, 0.15) is 5.82 Å². The summed E-state index contributed by atoms with van der Waals surface area (Å²) in [5.41, 5.74) is 1.80. The lowest BCUT2D eigenvalue weighted by molar-refractivity contribution is 0.641. The Hall–Kier alpha value is -4.43. The van der Waals surface area contributed by atoms with Crippen molar-refractivity contribution in [3.05, 3.63) is 121 Å². The van der Waals surface area contributed by atoms with Gasteiger partial charge in [0.15, 0.2) is 0 Å². The van der Waals surface area contributed by atoms with Gasteiger partial charge in [0.05, 0.1) is 9.60 Å². The van der Waals surface area contributed by atoms with Gasteiger partial charge in [0.25, 0.3) is 0 Å². The van der Waals surface area contributed by atoms with Crippen molar-refractivity contribution in [2.75, 3.05) is 5.32 Å². The minimum atomic E-state index is -0.499. The third kappa shape index (κ3) is 2.93. The highest BCUT2D eigenvalue weighted by molar-refractivity contribution is 6.25. The molecule has 7 aromatic rings. The first-order valence-corrected chi connectivity index (χ1v) is 10.9. The highest BCUT2D eigenvalue weighted by Crippen LogP contribution is 2.40. The van der Waals surface area contributed by atoms with E-state index in [1.165, 1.54) is 6.07 Å². The Balaban J connectivity index is 1.34. The molecule has 0 saturated heterocycles. The van der Waals surface area contributed by atoms with Gasteiger partial charge in [-0.3, -0.25) is 0 Å². The van der Waals surface area contributed by atoms with Crippen LogP contribution in [0.25, 0.3) is 54.2 Å². The fourth-order valence-electron chi connectivity index (χ4n) is 4.69. The van der Waals surface area contributed by atoms with Crippen molar-refractivity contribution in [2.24, 2.45) is 0 Å². The first-order valence-electron chi connectivity index (χ1n) is 14.4. The topological polar surface area (TPSA) is 12.0 Å². The Morgan fingerprint density at radius 1 is 0.618 bits per heavy atom. The number of rotatable bonds is 3. The third-order valence-electron chi connectivity index (χ3n) is 6.30. The molecule has 1 N–H and O–H groups in total. The van der Waals surface area contributed by atoms with E-state index in [0.29, 0.717) is 22.3 Å². The van der Waals surface area contributed by atoms with Crippen LogP contribution in [-0.2, 0) is 0 Å². The lowest BCUT2D eigenvalue weighted by Gasteiger charge is -2.16. The second-order valence-electron chi connectivity index (χ2n) is 8.29. The summed E-state index contributed by atoms with van der Waals surface area (Å²) in [5.74, 6) is -0.337. The predicted molar refractivity (Wildman–Crippen MR) is 143 cm³/mol. The molecule has 0 aliphatic rings. The van der Waals surface area contributed by atoms with E-state index >= 15 is 4.39 Å². The van der Waals surface area contributed by atoms with Crippen molar-refractivity contribution < 1.29 is 14.0 Å². The second-order valence-corrected chi connectivity index (χ2v) is 8.29. The summed E-state index contributed by atoms with van der Waals surface area (Å²) in [5, 5.41) is 8.44. The van der Waals surface area contributed by atoms with E-state index in [0.717, 1.165) is 26.9 Å². The van der Waals surface area contributed by atoms with Crippen LogP contribution in [0.2, 0.25) is 0 Å². The molecule has 0 bridgehead atoms. The van der Waals surface area contributed by atoms with Crippen LogP contribution >= 0.6 is 0 Å². The predicted octanol–water partition coefficient (Wildman–Crippen LogP) is 9.29. The number of halogens is 1. The standard InChI is InChI=1S/C32H20FN/c33-29-19-30(28-17-13-23-7-3-6-22-12-16-27(29)32(28)31(22)23)34-26-14-10-21(11-15-26)25-9-8-20-4-1-2-5-24(20)18-25/h1-19,34H/i1D,2D,4D,5D,8D,9D,18D. The van der Waals surface area contributed by atoms with Gasteiger partial charge in [-0.1, -0.05) is 90.9 Å². The third-order valence-corrected chi connectivity index (χ3v) is 6.30. The number of anilines is 2. The molecule has 0 aliphatic carbocycles. The molecule has 0 unspecified atom stereocenters. The largest absolute Gasteiger partial charge is 0.355 e. The molecule has 0 atom stereocenters. The van der Waals surface area contributed by atoms with Crippen LogP contribution in [0, 0.1) is 5.82 Å². The summed E-state index contributed by atoms with van der Waals surface area (Å²) in [6, 6.07) is 19.3. The van der Waals surface area contributed by atoms with Crippen LogP contribution < -0.4 is 5.32 Å². The summed E-state index contributed by atoms with van der Waals surface area (Å²) in [6.45, 7) is 0. The van der Waals surface area contributed by atoms with Crippen molar-refractivity contribution in [2.45, 2.75) is 0 Å². The van der Waals surface area contributed by atoms with Crippen LogP contribution in [-0.4, -0.2) is 0 Å². The van der Waals surface area contributed by atoms with Crippen LogP contribution in [0.4, 0.5) is 15.8 Å². The monoisotopic (exact) mass is 444 g/mol. The van der Waals surface area contributed by atoms with Gasteiger partial charge in [-0.25, -0.2) is 4.39 Å². The summed E-state index contributed by atoms with van der Waals surface area (Å²) < 4.78 is 73.6. The van der Waals surface area contributed by atoms with Gasteiger partial charge in [-0.2, -0.15) is 0 Å². The van der Waals surface area contributed by atoms with E-state index in [-0.39, 0.29) is 40.3 Å². The first kappa shape index (κ1) is 13.3. The van der Waals surface area contributed by atoms with Crippen molar-refractivity contribution in [3.8, 4) is 11.1 Å². The minimum absolute atomic E-state index is 0.0849. The Kier molecular flexibility index (Phi) is 2.86. The lowest BCUT2D eigenvalue weighted by Crippen LogP contribution is -1.95. The lowest BCUT2D eigenvalue weighted by atomic mass is 9.93. The van der Waals surface area contributed by atoms with Gasteiger partial charge in [-0.05, 0) is 62.3 Å². The van der Waals surface area contributed by atoms with E-state index in [1.807, 2.05) is 36.4 Å². The second kappa shape index (κ2) is 7.29. The number of benzene rings is 7. The first-order chi connectivity index (χ1) is 19.7. The Morgan fingerprint density at radius 2 is 1.35 bits per heavy atom. The number of nitrogens with one attached hydrogen (secondary N) is 1. The summed E-state index contributed by atoms with van der Waals surface area (Å²) in [7, 11) is 0. The zero-order valence-electron chi connectivity index (χ0n) is 24.8. The van der Waals surface area contributed by atoms with Gasteiger partial charge >= 0.3 is 0 Å². The minimum Gasteiger partial charge on any atom is -0.355 e. The van der Waals surface area contributed by atoms with Gasteiger partial charge in [0.2, 0.25) is 0 Å². The van der Waals surface area contributed by atoms with E-state index in [1.54, 1.807) is 30.3 Å². The molecule has 0 aliphatic heterocycles. The molecule has 34 heavy (non-hydrogen) atoms. The highest BCUT2D eigenvalue weighted by atomic mass is 19.1. The van der Waals surface area contributed by atoms with Crippen LogP contribution in [0.15, 0.2) is 115 Å². The highest BCUT2D eigenvalue weighted by Gasteiger charge is 2.14. The maximum atomic E-state index is 15.3.